The lowest BCUT2D eigenvalue weighted by molar-refractivity contribution is -0.0419. The van der Waals surface area contributed by atoms with Crippen LogP contribution in [-0.2, 0) is 4.74 Å². The summed E-state index contributed by atoms with van der Waals surface area (Å²) in [5.41, 5.74) is 2.00. The molecule has 20 heavy (non-hydrogen) atoms. The van der Waals surface area contributed by atoms with Crippen LogP contribution in [0, 0.1) is 6.92 Å². The zero-order chi connectivity index (χ0) is 14.5. The van der Waals surface area contributed by atoms with E-state index < -0.39 is 6.10 Å². The third kappa shape index (κ3) is 3.72. The van der Waals surface area contributed by atoms with Gasteiger partial charge < -0.3 is 14.6 Å². The quantitative estimate of drug-likeness (QED) is 0.897. The monoisotopic (exact) mass is 279 g/mol. The van der Waals surface area contributed by atoms with E-state index in [0.29, 0.717) is 6.54 Å². The lowest BCUT2D eigenvalue weighted by Crippen LogP contribution is -2.43. The Balaban J connectivity index is 2.04. The highest BCUT2D eigenvalue weighted by atomic mass is 16.5. The second-order valence-electron chi connectivity index (χ2n) is 5.42. The molecule has 2 rings (SSSR count). The van der Waals surface area contributed by atoms with E-state index >= 15 is 0 Å². The Morgan fingerprint density at radius 1 is 1.50 bits per heavy atom. The van der Waals surface area contributed by atoms with Gasteiger partial charge in [0.2, 0.25) is 0 Å². The minimum absolute atomic E-state index is 0.287. The van der Waals surface area contributed by atoms with Crippen LogP contribution in [0.15, 0.2) is 18.2 Å². The first-order chi connectivity index (χ1) is 9.63. The summed E-state index contributed by atoms with van der Waals surface area (Å²) in [5, 5.41) is 10.5. The second-order valence-corrected chi connectivity index (χ2v) is 5.42. The largest absolute Gasteiger partial charge is 0.496 e. The molecule has 1 fully saturated rings. The third-order valence-electron chi connectivity index (χ3n) is 3.85. The molecule has 1 aromatic carbocycles. The van der Waals surface area contributed by atoms with Crippen LogP contribution < -0.4 is 4.74 Å². The third-order valence-corrected chi connectivity index (χ3v) is 3.85. The Morgan fingerprint density at radius 3 is 3.00 bits per heavy atom. The van der Waals surface area contributed by atoms with Crippen LogP contribution in [0.3, 0.4) is 0 Å². The molecule has 2 atom stereocenters. The molecule has 0 aromatic heterocycles. The van der Waals surface area contributed by atoms with Gasteiger partial charge in [-0.2, -0.15) is 0 Å². The van der Waals surface area contributed by atoms with Gasteiger partial charge >= 0.3 is 0 Å². The molecule has 1 N–H and O–H groups in total. The highest BCUT2D eigenvalue weighted by molar-refractivity contribution is 5.38. The van der Waals surface area contributed by atoms with Gasteiger partial charge in [0.05, 0.1) is 25.9 Å². The maximum absolute atomic E-state index is 10.5. The fourth-order valence-corrected chi connectivity index (χ4v) is 2.65. The first kappa shape index (κ1) is 15.3. The Bertz CT molecular complexity index is 436. The van der Waals surface area contributed by atoms with Crippen molar-refractivity contribution < 1.29 is 14.6 Å². The Hall–Kier alpha value is -1.10. The minimum atomic E-state index is -0.527. The van der Waals surface area contributed by atoms with E-state index in [-0.39, 0.29) is 6.10 Å². The highest BCUT2D eigenvalue weighted by Gasteiger charge is 2.23. The fourth-order valence-electron chi connectivity index (χ4n) is 2.65. The van der Waals surface area contributed by atoms with E-state index in [0.717, 1.165) is 43.0 Å². The molecule has 4 nitrogen and oxygen atoms in total. The van der Waals surface area contributed by atoms with Gasteiger partial charge in [-0.05, 0) is 25.5 Å². The number of methoxy groups -OCH3 is 1. The maximum atomic E-state index is 10.5. The van der Waals surface area contributed by atoms with Crippen molar-refractivity contribution in [2.75, 3.05) is 33.4 Å². The van der Waals surface area contributed by atoms with E-state index in [4.69, 9.17) is 9.47 Å². The van der Waals surface area contributed by atoms with Gasteiger partial charge in [0.1, 0.15) is 5.75 Å². The molecule has 1 heterocycles. The topological polar surface area (TPSA) is 41.9 Å². The molecule has 1 aliphatic rings. The molecule has 1 aromatic rings. The van der Waals surface area contributed by atoms with Crippen molar-refractivity contribution in [3.8, 4) is 5.75 Å². The van der Waals surface area contributed by atoms with Crippen molar-refractivity contribution in [2.45, 2.75) is 32.5 Å². The highest BCUT2D eigenvalue weighted by Crippen LogP contribution is 2.27. The van der Waals surface area contributed by atoms with Crippen LogP contribution in [0.2, 0.25) is 0 Å². The molecular weight excluding hydrogens is 254 g/mol. The zero-order valence-corrected chi connectivity index (χ0v) is 12.6. The number of benzene rings is 1. The van der Waals surface area contributed by atoms with Gasteiger partial charge in [-0.3, -0.25) is 4.90 Å². The maximum Gasteiger partial charge on any atom is 0.124 e. The first-order valence-corrected chi connectivity index (χ1v) is 7.30. The smallest absolute Gasteiger partial charge is 0.124 e. The molecule has 0 aliphatic carbocycles. The van der Waals surface area contributed by atoms with Gasteiger partial charge in [0, 0.05) is 25.2 Å². The molecule has 1 aliphatic heterocycles. The van der Waals surface area contributed by atoms with Gasteiger partial charge in [-0.15, -0.1) is 0 Å². The average Bonchev–Trinajstić information content (AvgIpc) is 2.47. The molecule has 0 bridgehead atoms. The number of ether oxygens (including phenoxy) is 2. The van der Waals surface area contributed by atoms with Gasteiger partial charge in [0.15, 0.2) is 0 Å². The lowest BCUT2D eigenvalue weighted by atomic mass is 10.0. The van der Waals surface area contributed by atoms with Crippen LogP contribution in [0.5, 0.6) is 5.75 Å². The van der Waals surface area contributed by atoms with Gasteiger partial charge in [-0.1, -0.05) is 18.6 Å². The first-order valence-electron chi connectivity index (χ1n) is 7.30. The van der Waals surface area contributed by atoms with Crippen LogP contribution in [0.25, 0.3) is 0 Å². The summed E-state index contributed by atoms with van der Waals surface area (Å²) in [7, 11) is 1.64. The second kappa shape index (κ2) is 7.07. The molecule has 2 unspecified atom stereocenters. The zero-order valence-electron chi connectivity index (χ0n) is 12.6. The van der Waals surface area contributed by atoms with Crippen LogP contribution in [-0.4, -0.2) is 49.5 Å². The summed E-state index contributed by atoms with van der Waals surface area (Å²) in [4.78, 5) is 2.27. The van der Waals surface area contributed by atoms with Crippen LogP contribution >= 0.6 is 0 Å². The predicted octanol–water partition coefficient (Wildman–Crippen LogP) is 2.15. The number of rotatable bonds is 5. The number of aliphatic hydroxyl groups excluding tert-OH is 1. The standard InChI is InChI=1S/C16H25NO3/c1-4-13-10-17(7-8-20-13)11-15(18)14-9-12(2)5-6-16(14)19-3/h5-6,9,13,15,18H,4,7-8,10-11H2,1-3H3. The fraction of sp³-hybridized carbons (Fsp3) is 0.625. The van der Waals surface area contributed by atoms with Crippen LogP contribution in [0.1, 0.15) is 30.6 Å². The van der Waals surface area contributed by atoms with Crippen molar-refractivity contribution in [1.82, 2.24) is 4.90 Å². The van der Waals surface area contributed by atoms with E-state index in [1.54, 1.807) is 7.11 Å². The SMILES string of the molecule is CCC1CN(CC(O)c2cc(C)ccc2OC)CCO1. The number of hydrogen-bond acceptors (Lipinski definition) is 4. The lowest BCUT2D eigenvalue weighted by Gasteiger charge is -2.33. The van der Waals surface area contributed by atoms with E-state index in [1.165, 1.54) is 0 Å². The number of aliphatic hydroxyl groups is 1. The van der Waals surface area contributed by atoms with Crippen molar-refractivity contribution in [3.63, 3.8) is 0 Å². The summed E-state index contributed by atoms with van der Waals surface area (Å²) >= 11 is 0. The Morgan fingerprint density at radius 2 is 2.30 bits per heavy atom. The van der Waals surface area contributed by atoms with Crippen molar-refractivity contribution in [2.24, 2.45) is 0 Å². The summed E-state index contributed by atoms with van der Waals surface area (Å²) in [5.74, 6) is 0.753. The van der Waals surface area contributed by atoms with Crippen molar-refractivity contribution in [1.29, 1.82) is 0 Å². The number of aryl methyl sites for hydroxylation is 1. The van der Waals surface area contributed by atoms with E-state index in [1.807, 2.05) is 25.1 Å². The van der Waals surface area contributed by atoms with Gasteiger partial charge in [0.25, 0.3) is 0 Å². The molecule has 1 saturated heterocycles. The van der Waals surface area contributed by atoms with E-state index in [2.05, 4.69) is 11.8 Å². The number of nitrogens with zero attached hydrogens (tertiary/aromatic N) is 1. The summed E-state index contributed by atoms with van der Waals surface area (Å²) in [6.07, 6.45) is 0.774. The van der Waals surface area contributed by atoms with Gasteiger partial charge in [-0.25, -0.2) is 0 Å². The Kier molecular flexibility index (Phi) is 5.40. The predicted molar refractivity (Wildman–Crippen MR) is 79.2 cm³/mol. The molecule has 0 saturated carbocycles. The minimum Gasteiger partial charge on any atom is -0.496 e. The summed E-state index contributed by atoms with van der Waals surface area (Å²) in [6.45, 7) is 7.30. The Labute approximate surface area is 121 Å². The van der Waals surface area contributed by atoms with E-state index in [9.17, 15) is 5.11 Å². The number of morpholine rings is 1. The molecule has 0 amide bonds. The normalized spacial score (nSPS) is 21.7. The van der Waals surface area contributed by atoms with Crippen molar-refractivity contribution >= 4 is 0 Å². The molecular formula is C16H25NO3. The van der Waals surface area contributed by atoms with Crippen LogP contribution in [0.4, 0.5) is 0 Å². The van der Waals surface area contributed by atoms with Crippen molar-refractivity contribution in [3.05, 3.63) is 29.3 Å². The molecule has 0 spiro atoms. The molecule has 112 valence electrons. The molecule has 0 radical (unpaired) electrons. The number of hydrogen-bond donors (Lipinski definition) is 1. The average molecular weight is 279 g/mol. The molecule has 4 heteroatoms. The summed E-state index contributed by atoms with van der Waals surface area (Å²) in [6, 6.07) is 5.92. The summed E-state index contributed by atoms with van der Waals surface area (Å²) < 4.78 is 11.0. The number of β-amino-alcohol motifs (C(OH)–C–C–N with tert-alkyl or cyclic N) is 1.